The van der Waals surface area contributed by atoms with E-state index in [0.717, 1.165) is 10.5 Å². The van der Waals surface area contributed by atoms with E-state index in [2.05, 4.69) is 10.9 Å². The number of hydrazine groups is 1. The van der Waals surface area contributed by atoms with Gasteiger partial charge in [-0.3, -0.25) is 20.4 Å². The Morgan fingerprint density at radius 3 is 2.15 bits per heavy atom. The third-order valence-electron chi connectivity index (χ3n) is 3.92. The van der Waals surface area contributed by atoms with E-state index >= 15 is 0 Å². The Morgan fingerprint density at radius 1 is 0.926 bits per heavy atom. The number of nitrogens with one attached hydrogen (secondary N) is 2. The molecule has 1 atom stereocenters. The highest BCUT2D eigenvalue weighted by molar-refractivity contribution is 8.00. The van der Waals surface area contributed by atoms with Gasteiger partial charge in [-0.25, -0.2) is 0 Å². The van der Waals surface area contributed by atoms with Crippen molar-refractivity contribution in [3.8, 4) is 0 Å². The van der Waals surface area contributed by atoms with Crippen molar-refractivity contribution in [3.63, 3.8) is 0 Å². The number of carbonyl (C=O) groups is 2. The molecule has 1 heterocycles. The largest absolute Gasteiger partial charge is 0.466 e. The monoisotopic (exact) mass is 380 g/mol. The zero-order valence-electron chi connectivity index (χ0n) is 15.1. The van der Waals surface area contributed by atoms with Crippen LogP contribution < -0.4 is 10.9 Å². The number of carbonyl (C=O) groups excluding carboxylic acids is 2. The van der Waals surface area contributed by atoms with Gasteiger partial charge in [0.1, 0.15) is 16.8 Å². The van der Waals surface area contributed by atoms with Gasteiger partial charge in [-0.05, 0) is 37.6 Å². The first-order valence-electron chi connectivity index (χ1n) is 8.48. The van der Waals surface area contributed by atoms with Gasteiger partial charge < -0.3 is 4.42 Å². The summed E-state index contributed by atoms with van der Waals surface area (Å²) in [7, 11) is 0. The van der Waals surface area contributed by atoms with E-state index in [1.807, 2.05) is 60.7 Å². The summed E-state index contributed by atoms with van der Waals surface area (Å²) in [5, 5.41) is -0.499. The first-order chi connectivity index (χ1) is 13.0. The normalized spacial score (nSPS) is 11.6. The molecule has 2 aromatic carbocycles. The lowest BCUT2D eigenvalue weighted by Gasteiger charge is -2.17. The van der Waals surface area contributed by atoms with Crippen molar-refractivity contribution in [2.45, 2.75) is 24.0 Å². The smallest absolute Gasteiger partial charge is 0.273 e. The Hall–Kier alpha value is -2.99. The molecule has 5 nitrogen and oxygen atoms in total. The molecular formula is C21H20N2O3S. The van der Waals surface area contributed by atoms with E-state index in [4.69, 9.17) is 4.42 Å². The molecule has 0 saturated carbocycles. The van der Waals surface area contributed by atoms with Crippen molar-refractivity contribution in [1.29, 1.82) is 0 Å². The fraction of sp³-hybridized carbons (Fsp3) is 0.143. The molecule has 0 fully saturated rings. The number of hydrogen-bond donors (Lipinski definition) is 2. The number of rotatable bonds is 5. The zero-order chi connectivity index (χ0) is 19.2. The van der Waals surface area contributed by atoms with Gasteiger partial charge in [-0.2, -0.15) is 0 Å². The predicted molar refractivity (Wildman–Crippen MR) is 105 cm³/mol. The van der Waals surface area contributed by atoms with E-state index < -0.39 is 11.2 Å². The molecule has 3 rings (SSSR count). The van der Waals surface area contributed by atoms with Crippen LogP contribution in [0.1, 0.15) is 32.7 Å². The summed E-state index contributed by atoms with van der Waals surface area (Å²) < 4.78 is 5.36. The molecule has 27 heavy (non-hydrogen) atoms. The summed E-state index contributed by atoms with van der Waals surface area (Å²) in [5.41, 5.74) is 6.27. The van der Waals surface area contributed by atoms with Crippen molar-refractivity contribution >= 4 is 23.6 Å². The molecule has 0 aliphatic heterocycles. The van der Waals surface area contributed by atoms with Crippen LogP contribution in [0.3, 0.4) is 0 Å². The van der Waals surface area contributed by atoms with E-state index in [1.165, 1.54) is 11.8 Å². The number of benzene rings is 2. The lowest BCUT2D eigenvalue weighted by Crippen LogP contribution is -2.43. The summed E-state index contributed by atoms with van der Waals surface area (Å²) in [6.07, 6.45) is 0. The summed E-state index contributed by atoms with van der Waals surface area (Å²) in [5.74, 6) is 0.443. The van der Waals surface area contributed by atoms with Crippen LogP contribution in [0, 0.1) is 13.8 Å². The average molecular weight is 380 g/mol. The van der Waals surface area contributed by atoms with Crippen LogP contribution in [0.4, 0.5) is 0 Å². The molecule has 0 saturated heterocycles. The van der Waals surface area contributed by atoms with Crippen LogP contribution >= 0.6 is 11.8 Å². The van der Waals surface area contributed by atoms with Crippen molar-refractivity contribution < 1.29 is 14.0 Å². The van der Waals surface area contributed by atoms with Gasteiger partial charge in [0.15, 0.2) is 0 Å². The fourth-order valence-corrected chi connectivity index (χ4v) is 3.69. The quantitative estimate of drug-likeness (QED) is 0.514. The second-order valence-electron chi connectivity index (χ2n) is 5.99. The lowest BCUT2D eigenvalue weighted by atomic mass is 10.1. The summed E-state index contributed by atoms with van der Waals surface area (Å²) in [4.78, 5) is 26.1. The highest BCUT2D eigenvalue weighted by Crippen LogP contribution is 2.35. The second-order valence-corrected chi connectivity index (χ2v) is 7.17. The maximum absolute atomic E-state index is 12.8. The Morgan fingerprint density at radius 2 is 1.56 bits per heavy atom. The molecule has 2 N–H and O–H groups in total. The molecule has 0 spiro atoms. The maximum atomic E-state index is 12.8. The topological polar surface area (TPSA) is 71.3 Å². The van der Waals surface area contributed by atoms with Gasteiger partial charge in [-0.1, -0.05) is 48.5 Å². The molecule has 0 aliphatic rings. The van der Waals surface area contributed by atoms with E-state index in [1.54, 1.807) is 19.9 Å². The summed E-state index contributed by atoms with van der Waals surface area (Å²) in [6, 6.07) is 20.8. The third-order valence-corrected chi connectivity index (χ3v) is 5.19. The minimum Gasteiger partial charge on any atom is -0.466 e. The van der Waals surface area contributed by atoms with E-state index in [-0.39, 0.29) is 5.91 Å². The minimum atomic E-state index is -0.499. The van der Waals surface area contributed by atoms with Crippen molar-refractivity contribution in [3.05, 3.63) is 89.4 Å². The van der Waals surface area contributed by atoms with E-state index in [9.17, 15) is 9.59 Å². The SMILES string of the molecule is Cc1cc(C(=O)NNC(=O)[C@H](Sc2ccccc2)c2ccccc2)c(C)o1. The van der Waals surface area contributed by atoms with Crippen LogP contribution in [0.2, 0.25) is 0 Å². The highest BCUT2D eigenvalue weighted by atomic mass is 32.2. The Labute approximate surface area is 162 Å². The molecule has 2 amide bonds. The Kier molecular flexibility index (Phi) is 5.98. The number of furan rings is 1. The van der Waals surface area contributed by atoms with Crippen molar-refractivity contribution in [2.24, 2.45) is 0 Å². The molecule has 3 aromatic rings. The van der Waals surface area contributed by atoms with Gasteiger partial charge >= 0.3 is 0 Å². The van der Waals surface area contributed by atoms with Gasteiger partial charge in [0.2, 0.25) is 0 Å². The average Bonchev–Trinajstić information content (AvgIpc) is 3.03. The predicted octanol–water partition coefficient (Wildman–Crippen LogP) is 4.19. The van der Waals surface area contributed by atoms with E-state index in [0.29, 0.717) is 17.1 Å². The van der Waals surface area contributed by atoms with Gasteiger partial charge in [0, 0.05) is 4.90 Å². The van der Waals surface area contributed by atoms with Crippen LogP contribution in [-0.4, -0.2) is 11.8 Å². The molecular weight excluding hydrogens is 360 g/mol. The number of hydrogen-bond acceptors (Lipinski definition) is 4. The standard InChI is InChI=1S/C21H20N2O3S/c1-14-13-18(15(2)26-14)20(24)22-23-21(25)19(16-9-5-3-6-10-16)27-17-11-7-4-8-12-17/h3-13,19H,1-2H3,(H,22,24)(H,23,25)/t19-/m1/s1. The first-order valence-corrected chi connectivity index (χ1v) is 9.36. The number of aryl methyl sites for hydroxylation is 2. The van der Waals surface area contributed by atoms with Crippen LogP contribution in [-0.2, 0) is 4.79 Å². The second kappa shape index (κ2) is 8.60. The van der Waals surface area contributed by atoms with Crippen LogP contribution in [0.15, 0.2) is 76.0 Å². The minimum absolute atomic E-state index is 0.304. The maximum Gasteiger partial charge on any atom is 0.273 e. The number of amides is 2. The fourth-order valence-electron chi connectivity index (χ4n) is 2.64. The van der Waals surface area contributed by atoms with Crippen molar-refractivity contribution in [2.75, 3.05) is 0 Å². The highest BCUT2D eigenvalue weighted by Gasteiger charge is 2.23. The molecule has 0 radical (unpaired) electrons. The van der Waals surface area contributed by atoms with Gasteiger partial charge in [0.05, 0.1) is 5.56 Å². The molecule has 0 unspecified atom stereocenters. The van der Waals surface area contributed by atoms with Crippen LogP contribution in [0.5, 0.6) is 0 Å². The molecule has 0 bridgehead atoms. The molecule has 1 aromatic heterocycles. The molecule has 138 valence electrons. The molecule has 0 aliphatic carbocycles. The van der Waals surface area contributed by atoms with Gasteiger partial charge in [-0.15, -0.1) is 11.8 Å². The Balaban J connectivity index is 1.73. The zero-order valence-corrected chi connectivity index (χ0v) is 15.9. The first kappa shape index (κ1) is 18.8. The van der Waals surface area contributed by atoms with Crippen LogP contribution in [0.25, 0.3) is 0 Å². The number of thioether (sulfide) groups is 1. The summed E-state index contributed by atoms with van der Waals surface area (Å²) in [6.45, 7) is 3.48. The Bertz CT molecular complexity index is 923. The lowest BCUT2D eigenvalue weighted by molar-refractivity contribution is -0.121. The van der Waals surface area contributed by atoms with Crippen molar-refractivity contribution in [1.82, 2.24) is 10.9 Å². The molecule has 6 heteroatoms. The third kappa shape index (κ3) is 4.80. The van der Waals surface area contributed by atoms with Gasteiger partial charge in [0.25, 0.3) is 11.8 Å². The summed E-state index contributed by atoms with van der Waals surface area (Å²) >= 11 is 1.42.